The van der Waals surface area contributed by atoms with Crippen molar-refractivity contribution < 1.29 is 22.7 Å². The van der Waals surface area contributed by atoms with Gasteiger partial charge in [0, 0.05) is 29.6 Å². The molecule has 0 fully saturated rings. The van der Waals surface area contributed by atoms with Crippen LogP contribution in [0.25, 0.3) is 0 Å². The molecule has 0 radical (unpaired) electrons. The molecule has 0 aromatic heterocycles. The van der Waals surface area contributed by atoms with Crippen molar-refractivity contribution in [1.29, 1.82) is 0 Å². The third-order valence-corrected chi connectivity index (χ3v) is 9.86. The van der Waals surface area contributed by atoms with Crippen LogP contribution < -0.4 is 14.4 Å². The summed E-state index contributed by atoms with van der Waals surface area (Å²) in [4.78, 5) is 29.9. The van der Waals surface area contributed by atoms with Crippen molar-refractivity contribution in [1.82, 2.24) is 10.2 Å². The van der Waals surface area contributed by atoms with Crippen molar-refractivity contribution in [2.24, 2.45) is 0 Å². The van der Waals surface area contributed by atoms with Crippen LogP contribution >= 0.6 is 23.2 Å². The predicted octanol–water partition coefficient (Wildman–Crippen LogP) is 7.06. The van der Waals surface area contributed by atoms with E-state index in [1.807, 2.05) is 44.2 Å². The molecule has 4 rings (SSSR count). The lowest BCUT2D eigenvalue weighted by Crippen LogP contribution is -2.53. The first-order chi connectivity index (χ1) is 22.5. The predicted molar refractivity (Wildman–Crippen MR) is 188 cm³/mol. The molecule has 0 unspecified atom stereocenters. The molecule has 0 spiro atoms. The monoisotopic (exact) mass is 695 g/mol. The zero-order chi connectivity index (χ0) is 34.0. The van der Waals surface area contributed by atoms with E-state index in [1.54, 1.807) is 61.5 Å². The van der Waals surface area contributed by atoms with Gasteiger partial charge in [0.2, 0.25) is 11.8 Å². The number of ether oxygens (including phenoxy) is 1. The van der Waals surface area contributed by atoms with Crippen molar-refractivity contribution >= 4 is 50.7 Å². The minimum absolute atomic E-state index is 0.0102. The van der Waals surface area contributed by atoms with Gasteiger partial charge < -0.3 is 15.0 Å². The lowest BCUT2D eigenvalue weighted by molar-refractivity contribution is -0.140. The summed E-state index contributed by atoms with van der Waals surface area (Å²) < 4.78 is 35.5. The van der Waals surface area contributed by atoms with Crippen LogP contribution in [0.5, 0.6) is 5.75 Å². The molecule has 0 aliphatic carbocycles. The molecule has 0 bridgehead atoms. The quantitative estimate of drug-likeness (QED) is 0.144. The lowest BCUT2D eigenvalue weighted by atomic mass is 10.0. The summed E-state index contributed by atoms with van der Waals surface area (Å²) in [7, 11) is -4.28. The number of hydrogen-bond donors (Lipinski definition) is 1. The Bertz CT molecular complexity index is 1770. The Morgan fingerprint density at radius 3 is 2.23 bits per heavy atom. The fourth-order valence-electron chi connectivity index (χ4n) is 5.04. The van der Waals surface area contributed by atoms with Gasteiger partial charge in [-0.15, -0.1) is 0 Å². The average molecular weight is 697 g/mol. The minimum atomic E-state index is -4.28. The summed E-state index contributed by atoms with van der Waals surface area (Å²) in [6, 6.07) is 26.4. The smallest absolute Gasteiger partial charge is 0.264 e. The number of para-hydroxylation sites is 2. The topological polar surface area (TPSA) is 96.0 Å². The van der Waals surface area contributed by atoms with Crippen LogP contribution in [0.4, 0.5) is 5.69 Å². The molecule has 2 amide bonds. The third-order valence-electron chi connectivity index (χ3n) is 7.50. The molecule has 8 nitrogen and oxygen atoms in total. The molecule has 4 aromatic carbocycles. The number of nitrogens with one attached hydrogen (secondary N) is 1. The van der Waals surface area contributed by atoms with Gasteiger partial charge in [0.15, 0.2) is 0 Å². The number of halogens is 2. The summed E-state index contributed by atoms with van der Waals surface area (Å²) in [5.41, 5.74) is 2.46. The summed E-state index contributed by atoms with van der Waals surface area (Å²) in [5.74, 6) is -0.672. The zero-order valence-electron chi connectivity index (χ0n) is 26.7. The van der Waals surface area contributed by atoms with Crippen LogP contribution in [0.2, 0.25) is 10.0 Å². The van der Waals surface area contributed by atoms with Gasteiger partial charge in [0.25, 0.3) is 10.0 Å². The second-order valence-electron chi connectivity index (χ2n) is 11.0. The molecule has 1 N–H and O–H groups in total. The second kappa shape index (κ2) is 16.7. The molecule has 4 aromatic rings. The summed E-state index contributed by atoms with van der Waals surface area (Å²) in [6.07, 6.45) is 0.880. The van der Waals surface area contributed by atoms with Gasteiger partial charge in [-0.05, 0) is 67.8 Å². The average Bonchev–Trinajstić information content (AvgIpc) is 3.06. The van der Waals surface area contributed by atoms with Crippen molar-refractivity contribution in [3.63, 3.8) is 0 Å². The van der Waals surface area contributed by atoms with E-state index >= 15 is 0 Å². The van der Waals surface area contributed by atoms with Crippen molar-refractivity contribution in [2.45, 2.75) is 51.1 Å². The van der Waals surface area contributed by atoms with Crippen molar-refractivity contribution in [3.05, 3.63) is 124 Å². The molecule has 11 heteroatoms. The molecular weight excluding hydrogens is 657 g/mol. The molecule has 1 atom stereocenters. The fraction of sp³-hybridized carbons (Fsp3) is 0.278. The molecule has 0 saturated heterocycles. The van der Waals surface area contributed by atoms with Gasteiger partial charge in [0.05, 0.1) is 17.2 Å². The first-order valence-electron chi connectivity index (χ1n) is 15.4. The Balaban J connectivity index is 1.85. The number of sulfonamides is 1. The van der Waals surface area contributed by atoms with Crippen LogP contribution in [0, 0.1) is 6.92 Å². The summed E-state index contributed by atoms with van der Waals surface area (Å²) >= 11 is 12.8. The van der Waals surface area contributed by atoms with Crippen molar-refractivity contribution in [2.75, 3.05) is 24.0 Å². The van der Waals surface area contributed by atoms with E-state index in [-0.39, 0.29) is 36.1 Å². The van der Waals surface area contributed by atoms with Gasteiger partial charge in [0.1, 0.15) is 18.3 Å². The molecular formula is C36H39Cl2N3O5S. The summed E-state index contributed by atoms with van der Waals surface area (Å²) in [5, 5.41) is 3.66. The van der Waals surface area contributed by atoms with Gasteiger partial charge in [-0.25, -0.2) is 8.42 Å². The molecule has 0 saturated carbocycles. The number of carbonyl (C=O) groups is 2. The SMILES string of the molecule is CCCNC(=O)[C@H](Cc1ccccc1)N(Cc1ccc(Cl)cc1Cl)C(=O)CN(c1ccccc1OCC)S(=O)(=O)c1ccc(C)cc1. The molecule has 248 valence electrons. The van der Waals surface area contributed by atoms with Crippen LogP contribution in [0.3, 0.4) is 0 Å². The molecule has 0 heterocycles. The molecule has 0 aliphatic heterocycles. The van der Waals surface area contributed by atoms with Gasteiger partial charge in [-0.1, -0.05) is 96.4 Å². The fourth-order valence-corrected chi connectivity index (χ4v) is 6.94. The van der Waals surface area contributed by atoms with Crippen LogP contribution in [0.15, 0.2) is 102 Å². The first kappa shape index (κ1) is 35.8. The highest BCUT2D eigenvalue weighted by Crippen LogP contribution is 2.33. The number of benzene rings is 4. The van der Waals surface area contributed by atoms with E-state index in [0.29, 0.717) is 34.3 Å². The zero-order valence-corrected chi connectivity index (χ0v) is 29.0. The van der Waals surface area contributed by atoms with Gasteiger partial charge in [-0.2, -0.15) is 0 Å². The van der Waals surface area contributed by atoms with Crippen LogP contribution in [0.1, 0.15) is 37.0 Å². The van der Waals surface area contributed by atoms with Crippen LogP contribution in [-0.2, 0) is 32.6 Å². The van der Waals surface area contributed by atoms with E-state index in [4.69, 9.17) is 27.9 Å². The lowest BCUT2D eigenvalue weighted by Gasteiger charge is -2.34. The second-order valence-corrected chi connectivity index (χ2v) is 13.7. The number of rotatable bonds is 15. The number of carbonyl (C=O) groups excluding carboxylic acids is 2. The van der Waals surface area contributed by atoms with E-state index in [1.165, 1.54) is 17.0 Å². The molecule has 0 aliphatic rings. The highest BCUT2D eigenvalue weighted by Gasteiger charge is 2.35. The third kappa shape index (κ3) is 9.28. The van der Waals surface area contributed by atoms with E-state index < -0.39 is 28.5 Å². The standard InChI is InChI=1S/C36H39Cl2N3O5S/c1-4-21-39-36(43)33(22-27-11-7-6-8-12-27)40(24-28-17-18-29(37)23-31(28)38)35(42)25-41(32-13-9-10-14-34(32)46-5-2)47(44,45)30-19-15-26(3)16-20-30/h6-20,23,33H,4-5,21-22,24-25H2,1-3H3,(H,39,43)/t33-/m0/s1. The highest BCUT2D eigenvalue weighted by molar-refractivity contribution is 7.92. The first-order valence-corrected chi connectivity index (χ1v) is 17.6. The number of amides is 2. The molecule has 47 heavy (non-hydrogen) atoms. The normalized spacial score (nSPS) is 11.9. The largest absolute Gasteiger partial charge is 0.492 e. The van der Waals surface area contributed by atoms with E-state index in [2.05, 4.69) is 5.32 Å². The minimum Gasteiger partial charge on any atom is -0.492 e. The Morgan fingerprint density at radius 2 is 1.57 bits per heavy atom. The Kier molecular flexibility index (Phi) is 12.7. The van der Waals surface area contributed by atoms with E-state index in [9.17, 15) is 18.0 Å². The highest BCUT2D eigenvalue weighted by atomic mass is 35.5. The maximum atomic E-state index is 14.7. The van der Waals surface area contributed by atoms with E-state index in [0.717, 1.165) is 15.4 Å². The maximum Gasteiger partial charge on any atom is 0.264 e. The Hall–Kier alpha value is -4.05. The van der Waals surface area contributed by atoms with Crippen molar-refractivity contribution in [3.8, 4) is 5.75 Å². The Morgan fingerprint density at radius 1 is 0.894 bits per heavy atom. The maximum absolute atomic E-state index is 14.7. The number of nitrogens with zero attached hydrogens (tertiary/aromatic N) is 2. The van der Waals surface area contributed by atoms with Crippen LogP contribution in [-0.4, -0.2) is 50.9 Å². The number of hydrogen-bond acceptors (Lipinski definition) is 5. The van der Waals surface area contributed by atoms with Gasteiger partial charge >= 0.3 is 0 Å². The summed E-state index contributed by atoms with van der Waals surface area (Å²) in [6.45, 7) is 5.59. The van der Waals surface area contributed by atoms with Gasteiger partial charge in [-0.3, -0.25) is 13.9 Å². The number of anilines is 1. The Labute approximate surface area is 287 Å². The number of aryl methyl sites for hydroxylation is 1.